The van der Waals surface area contributed by atoms with Gasteiger partial charge in [0.15, 0.2) is 11.5 Å². The van der Waals surface area contributed by atoms with Gasteiger partial charge >= 0.3 is 0 Å². The number of nitrogens with one attached hydrogen (secondary N) is 1. The van der Waals surface area contributed by atoms with Gasteiger partial charge in [-0.05, 0) is 41.5 Å². The molecule has 7 nitrogen and oxygen atoms in total. The summed E-state index contributed by atoms with van der Waals surface area (Å²) in [6, 6.07) is 22.1. The van der Waals surface area contributed by atoms with Crippen molar-refractivity contribution in [2.45, 2.75) is 12.8 Å². The first-order valence-electron chi connectivity index (χ1n) is 10.6. The minimum Gasteiger partial charge on any atom is -0.493 e. The van der Waals surface area contributed by atoms with Gasteiger partial charge in [-0.25, -0.2) is 0 Å². The van der Waals surface area contributed by atoms with Crippen LogP contribution >= 0.6 is 0 Å². The summed E-state index contributed by atoms with van der Waals surface area (Å²) in [7, 11) is 1.60. The molecule has 0 spiro atoms. The summed E-state index contributed by atoms with van der Waals surface area (Å²) in [6.07, 6.45) is 0. The van der Waals surface area contributed by atoms with Crippen molar-refractivity contribution in [3.63, 3.8) is 0 Å². The number of benzene rings is 3. The van der Waals surface area contributed by atoms with Crippen LogP contribution in [0.4, 0.5) is 0 Å². The highest BCUT2D eigenvalue weighted by molar-refractivity contribution is 5.88. The van der Waals surface area contributed by atoms with Gasteiger partial charge in [-0.2, -0.15) is 5.26 Å². The van der Waals surface area contributed by atoms with Crippen molar-refractivity contribution in [1.29, 1.82) is 5.26 Å². The number of fused-ring (bicyclic) bond motifs is 2. The van der Waals surface area contributed by atoms with E-state index < -0.39 is 5.92 Å². The number of nitrogens with zero attached hydrogens (tertiary/aromatic N) is 2. The molecule has 5 rings (SSSR count). The second kappa shape index (κ2) is 8.24. The third-order valence-electron chi connectivity index (χ3n) is 5.83. The van der Waals surface area contributed by atoms with E-state index in [9.17, 15) is 5.26 Å². The van der Waals surface area contributed by atoms with Crippen LogP contribution in [-0.4, -0.2) is 23.9 Å². The van der Waals surface area contributed by atoms with E-state index in [0.717, 1.165) is 33.2 Å². The first-order valence-corrected chi connectivity index (χ1v) is 10.6. The summed E-state index contributed by atoms with van der Waals surface area (Å²) in [5.74, 6) is 1.22. The molecule has 0 amide bonds. The smallest absolute Gasteiger partial charge is 0.244 e. The molecular formula is C26H22N4O3. The number of hydrogen-bond donors (Lipinski definition) is 2. The van der Waals surface area contributed by atoms with Crippen LogP contribution in [0.5, 0.6) is 17.4 Å². The average molecular weight is 438 g/mol. The Labute approximate surface area is 191 Å². The van der Waals surface area contributed by atoms with E-state index in [0.29, 0.717) is 29.6 Å². The Hall–Kier alpha value is -4.44. The molecule has 4 aromatic rings. The average Bonchev–Trinajstić information content (AvgIpc) is 3.26. The molecule has 0 fully saturated rings. The molecule has 1 atom stereocenters. The molecule has 0 bridgehead atoms. The summed E-state index contributed by atoms with van der Waals surface area (Å²) in [5.41, 5.74) is 9.78. The molecule has 1 aliphatic rings. The van der Waals surface area contributed by atoms with Gasteiger partial charge in [-0.15, -0.1) is 5.10 Å². The molecule has 33 heavy (non-hydrogen) atoms. The predicted octanol–water partition coefficient (Wildman–Crippen LogP) is 4.86. The van der Waals surface area contributed by atoms with Crippen molar-refractivity contribution < 1.29 is 14.2 Å². The summed E-state index contributed by atoms with van der Waals surface area (Å²) < 4.78 is 17.0. The Morgan fingerprint density at radius 1 is 1.12 bits per heavy atom. The van der Waals surface area contributed by atoms with Crippen molar-refractivity contribution >= 4 is 10.8 Å². The molecule has 0 radical (unpaired) electrons. The van der Waals surface area contributed by atoms with Crippen LogP contribution in [0, 0.1) is 11.3 Å². The zero-order valence-corrected chi connectivity index (χ0v) is 18.3. The van der Waals surface area contributed by atoms with Crippen molar-refractivity contribution in [3.05, 3.63) is 83.2 Å². The second-order valence-corrected chi connectivity index (χ2v) is 7.61. The monoisotopic (exact) mass is 438 g/mol. The Morgan fingerprint density at radius 2 is 1.94 bits per heavy atom. The summed E-state index contributed by atoms with van der Waals surface area (Å²) in [5, 5.41) is 19.6. The number of rotatable bonds is 5. The number of aromatic amines is 1. The number of nitrogens with two attached hydrogens (primary N) is 1. The van der Waals surface area contributed by atoms with Crippen molar-refractivity contribution in [1.82, 2.24) is 10.2 Å². The highest BCUT2D eigenvalue weighted by Gasteiger charge is 2.36. The maximum Gasteiger partial charge on any atom is 0.244 e. The van der Waals surface area contributed by atoms with E-state index in [4.69, 9.17) is 19.9 Å². The van der Waals surface area contributed by atoms with Crippen molar-refractivity contribution in [2.75, 3.05) is 13.7 Å². The van der Waals surface area contributed by atoms with Crippen LogP contribution < -0.4 is 19.9 Å². The number of hydrogen-bond acceptors (Lipinski definition) is 6. The van der Waals surface area contributed by atoms with Gasteiger partial charge in [-0.3, -0.25) is 5.10 Å². The summed E-state index contributed by atoms with van der Waals surface area (Å²) >= 11 is 0. The van der Waals surface area contributed by atoms with Crippen LogP contribution in [-0.2, 0) is 0 Å². The molecule has 0 aliphatic carbocycles. The molecule has 0 saturated carbocycles. The number of ether oxygens (including phenoxy) is 3. The number of allylic oxidation sites excluding steroid dienone is 1. The van der Waals surface area contributed by atoms with Crippen molar-refractivity contribution in [3.8, 4) is 34.7 Å². The maximum absolute atomic E-state index is 10.0. The molecule has 3 N–H and O–H groups in total. The lowest BCUT2D eigenvalue weighted by Crippen LogP contribution is -2.21. The van der Waals surface area contributed by atoms with E-state index in [-0.39, 0.29) is 5.88 Å². The highest BCUT2D eigenvalue weighted by atomic mass is 16.5. The van der Waals surface area contributed by atoms with E-state index >= 15 is 0 Å². The van der Waals surface area contributed by atoms with Crippen LogP contribution in [0.15, 0.2) is 72.1 Å². The first-order chi connectivity index (χ1) is 16.2. The molecule has 1 unspecified atom stereocenters. The third kappa shape index (κ3) is 3.33. The van der Waals surface area contributed by atoms with Crippen LogP contribution in [0.2, 0.25) is 0 Å². The fraction of sp³-hybridized carbons (Fsp3) is 0.154. The predicted molar refractivity (Wildman–Crippen MR) is 125 cm³/mol. The number of aromatic nitrogens is 2. The zero-order valence-electron chi connectivity index (χ0n) is 18.3. The van der Waals surface area contributed by atoms with Gasteiger partial charge in [0.25, 0.3) is 0 Å². The van der Waals surface area contributed by atoms with E-state index in [1.165, 1.54) is 0 Å². The molecule has 1 aliphatic heterocycles. The van der Waals surface area contributed by atoms with Gasteiger partial charge in [0.1, 0.15) is 11.6 Å². The first kappa shape index (κ1) is 20.5. The third-order valence-corrected chi connectivity index (χ3v) is 5.83. The topological polar surface area (TPSA) is 106 Å². The van der Waals surface area contributed by atoms with Crippen LogP contribution in [0.3, 0.4) is 0 Å². The fourth-order valence-electron chi connectivity index (χ4n) is 4.38. The lowest BCUT2D eigenvalue weighted by atomic mass is 9.81. The van der Waals surface area contributed by atoms with E-state index in [1.807, 2.05) is 67.6 Å². The molecule has 164 valence electrons. The van der Waals surface area contributed by atoms with Gasteiger partial charge in [0, 0.05) is 5.56 Å². The molecule has 0 saturated heterocycles. The Morgan fingerprint density at radius 3 is 2.73 bits per heavy atom. The summed E-state index contributed by atoms with van der Waals surface area (Å²) in [6.45, 7) is 2.45. The van der Waals surface area contributed by atoms with E-state index in [2.05, 4.69) is 16.3 Å². The molecule has 3 aromatic carbocycles. The number of nitriles is 1. The Bertz CT molecular complexity index is 1430. The minimum absolute atomic E-state index is 0.0604. The van der Waals surface area contributed by atoms with Gasteiger partial charge < -0.3 is 19.9 Å². The summed E-state index contributed by atoms with van der Waals surface area (Å²) in [4.78, 5) is 0. The molecular weight excluding hydrogens is 416 g/mol. The van der Waals surface area contributed by atoms with Gasteiger partial charge in [0.2, 0.25) is 11.8 Å². The fourth-order valence-corrected chi connectivity index (χ4v) is 4.38. The van der Waals surface area contributed by atoms with Crippen molar-refractivity contribution in [2.24, 2.45) is 5.73 Å². The SMILES string of the molecule is CCOc1ccc(-c2[nH]nc3c2C(c2cccc4ccccc24)C(C#N)=C(N)O3)cc1OC. The lowest BCUT2D eigenvalue weighted by Gasteiger charge is -2.25. The minimum atomic E-state index is -0.448. The quantitative estimate of drug-likeness (QED) is 0.461. The highest BCUT2D eigenvalue weighted by Crippen LogP contribution is 2.47. The Balaban J connectivity index is 1.74. The van der Waals surface area contributed by atoms with Gasteiger partial charge in [-0.1, -0.05) is 42.5 Å². The Kier molecular flexibility index (Phi) is 5.11. The van der Waals surface area contributed by atoms with Gasteiger partial charge in [0.05, 0.1) is 30.9 Å². The van der Waals surface area contributed by atoms with E-state index in [1.54, 1.807) is 7.11 Å². The molecule has 2 heterocycles. The largest absolute Gasteiger partial charge is 0.493 e. The standard InChI is InChI=1S/C26H22N4O3/c1-3-32-20-12-11-16(13-21(20)31-2)24-23-22(19(14-27)25(28)33-26(23)30-29-24)18-10-6-8-15-7-4-5-9-17(15)18/h4-13,22H,3,28H2,1-2H3,(H,29,30). The van der Waals surface area contributed by atoms with Crippen LogP contribution in [0.1, 0.15) is 24.0 Å². The second-order valence-electron chi connectivity index (χ2n) is 7.61. The molecule has 7 heteroatoms. The number of H-pyrrole nitrogens is 1. The van der Waals surface area contributed by atoms with Crippen LogP contribution in [0.25, 0.3) is 22.0 Å². The number of methoxy groups -OCH3 is 1. The zero-order chi connectivity index (χ0) is 22.9. The lowest BCUT2D eigenvalue weighted by molar-refractivity contribution is 0.311. The normalized spacial score (nSPS) is 15.0. The molecule has 1 aromatic heterocycles. The maximum atomic E-state index is 10.0.